The number of rotatable bonds is 11. The molecule has 2 aliphatic rings. The molecule has 2 fully saturated rings. The number of hydrogen-bond donors (Lipinski definition) is 3. The van der Waals surface area contributed by atoms with Gasteiger partial charge in [-0.2, -0.15) is 0 Å². The molecule has 1 aromatic rings. The van der Waals surface area contributed by atoms with Gasteiger partial charge in [-0.05, 0) is 63.9 Å². The molecule has 5 nitrogen and oxygen atoms in total. The summed E-state index contributed by atoms with van der Waals surface area (Å²) in [4.78, 5) is 11.3. The molecular weight excluding hydrogens is 376 g/mol. The number of benzene rings is 1. The fourth-order valence-electron chi connectivity index (χ4n) is 4.38. The summed E-state index contributed by atoms with van der Waals surface area (Å²) < 4.78 is 5.34. The van der Waals surface area contributed by atoms with E-state index in [-0.39, 0.29) is 0 Å². The molecule has 0 heterocycles. The van der Waals surface area contributed by atoms with E-state index < -0.39 is 11.4 Å². The Hall–Kier alpha value is -1.69. The Balaban J connectivity index is 1.44. The largest absolute Gasteiger partial charge is 0.481 e. The van der Waals surface area contributed by atoms with Crippen LogP contribution in [0.25, 0.3) is 6.08 Å². The highest BCUT2D eigenvalue weighted by atomic mass is 16.5. The Bertz CT molecular complexity index is 708. The van der Waals surface area contributed by atoms with E-state index in [2.05, 4.69) is 47.0 Å². The van der Waals surface area contributed by atoms with Crippen LogP contribution in [0.4, 0.5) is 0 Å². The van der Waals surface area contributed by atoms with Crippen molar-refractivity contribution in [2.24, 2.45) is 11.3 Å². The molecule has 166 valence electrons. The monoisotopic (exact) mass is 414 g/mol. The van der Waals surface area contributed by atoms with E-state index >= 15 is 0 Å². The summed E-state index contributed by atoms with van der Waals surface area (Å²) in [6.07, 6.45) is 9.09. The van der Waals surface area contributed by atoms with Crippen LogP contribution in [0.15, 0.2) is 35.9 Å². The van der Waals surface area contributed by atoms with Gasteiger partial charge in [0.05, 0.1) is 5.41 Å². The highest BCUT2D eigenvalue weighted by Crippen LogP contribution is 2.41. The molecule has 2 aliphatic carbocycles. The highest BCUT2D eigenvalue weighted by molar-refractivity contribution is 5.73. The number of nitrogens with one attached hydrogen (secondary N) is 2. The molecule has 3 rings (SSSR count). The first-order chi connectivity index (χ1) is 14.4. The van der Waals surface area contributed by atoms with E-state index in [1.165, 1.54) is 17.6 Å². The smallest absolute Gasteiger partial charge is 0.310 e. The minimum absolute atomic E-state index is 0.437. The molecule has 0 amide bonds. The molecule has 2 atom stereocenters. The summed E-state index contributed by atoms with van der Waals surface area (Å²) in [6, 6.07) is 12.2. The molecule has 0 spiro atoms. The number of carbonyl (C=O) groups is 1. The van der Waals surface area contributed by atoms with Gasteiger partial charge in [0.15, 0.2) is 0 Å². The van der Waals surface area contributed by atoms with Crippen LogP contribution in [0.2, 0.25) is 0 Å². The predicted octanol–water partition coefficient (Wildman–Crippen LogP) is 4.10. The maximum absolute atomic E-state index is 11.3. The van der Waals surface area contributed by atoms with Gasteiger partial charge in [-0.1, -0.05) is 42.0 Å². The zero-order chi connectivity index (χ0) is 21.6. The average Bonchev–Trinajstić information content (AvgIpc) is 3.50. The van der Waals surface area contributed by atoms with Gasteiger partial charge in [0.1, 0.15) is 0 Å². The predicted molar refractivity (Wildman–Crippen MR) is 121 cm³/mol. The molecule has 0 saturated heterocycles. The molecule has 0 unspecified atom stereocenters. The minimum atomic E-state index is -0.738. The summed E-state index contributed by atoms with van der Waals surface area (Å²) in [6.45, 7) is 4.87. The molecule has 0 bridgehead atoms. The third-order valence-electron chi connectivity index (χ3n) is 6.60. The Morgan fingerprint density at radius 2 is 1.83 bits per heavy atom. The molecule has 30 heavy (non-hydrogen) atoms. The van der Waals surface area contributed by atoms with Gasteiger partial charge in [0.25, 0.3) is 0 Å². The molecule has 1 aromatic carbocycles. The number of methoxy groups -OCH3 is 1. The van der Waals surface area contributed by atoms with Gasteiger partial charge in [-0.15, -0.1) is 0 Å². The van der Waals surface area contributed by atoms with Gasteiger partial charge >= 0.3 is 5.97 Å². The van der Waals surface area contributed by atoms with Crippen molar-refractivity contribution in [1.82, 2.24) is 10.6 Å². The maximum Gasteiger partial charge on any atom is 0.310 e. The van der Waals surface area contributed by atoms with Crippen LogP contribution >= 0.6 is 0 Å². The SMILES string of the molecule is COCC/C(=C\c1ccccc1)[C@@H]1C[C@H]1NC1CCC(NCC(C)(C)C(=O)O)CC1. The zero-order valence-corrected chi connectivity index (χ0v) is 18.7. The van der Waals surface area contributed by atoms with Crippen LogP contribution in [0.5, 0.6) is 0 Å². The van der Waals surface area contributed by atoms with E-state index in [0.29, 0.717) is 30.6 Å². The number of ether oxygens (including phenoxy) is 1. The van der Waals surface area contributed by atoms with Crippen LogP contribution in [-0.4, -0.2) is 49.5 Å². The Morgan fingerprint density at radius 3 is 2.47 bits per heavy atom. The summed E-state index contributed by atoms with van der Waals surface area (Å²) in [5.41, 5.74) is 2.05. The van der Waals surface area contributed by atoms with Crippen molar-refractivity contribution in [2.75, 3.05) is 20.3 Å². The number of carboxylic acids is 1. The van der Waals surface area contributed by atoms with E-state index in [1.807, 2.05) is 0 Å². The lowest BCUT2D eigenvalue weighted by atomic mass is 9.88. The van der Waals surface area contributed by atoms with Crippen molar-refractivity contribution in [3.63, 3.8) is 0 Å². The maximum atomic E-state index is 11.3. The number of carboxylic acid groups (broad SMARTS) is 1. The van der Waals surface area contributed by atoms with Gasteiger partial charge < -0.3 is 20.5 Å². The number of hydrogen-bond acceptors (Lipinski definition) is 4. The molecule has 5 heteroatoms. The molecule has 0 radical (unpaired) electrons. The lowest BCUT2D eigenvalue weighted by Crippen LogP contribution is -2.45. The standard InChI is InChI=1S/C25H38N2O3/c1-25(2,24(28)29)17-26-20-9-11-21(12-10-20)27-23-16-22(23)19(13-14-30-3)15-18-7-5-4-6-8-18/h4-8,15,20-23,26-27H,9-14,16-17H2,1-3H3,(H,28,29)/b19-15+/t20?,21?,22-,23+/m0/s1. The van der Waals surface area contributed by atoms with Crippen LogP contribution in [-0.2, 0) is 9.53 Å². The van der Waals surface area contributed by atoms with Crippen LogP contribution in [0.3, 0.4) is 0 Å². The van der Waals surface area contributed by atoms with Crippen molar-refractivity contribution in [3.05, 3.63) is 41.5 Å². The molecule has 0 aliphatic heterocycles. The Labute approximate surface area is 181 Å². The second-order valence-electron chi connectivity index (χ2n) is 9.61. The first kappa shape index (κ1) is 23.0. The topological polar surface area (TPSA) is 70.6 Å². The Morgan fingerprint density at radius 1 is 1.17 bits per heavy atom. The summed E-state index contributed by atoms with van der Waals surface area (Å²) in [5.74, 6) is -0.120. The molecule has 2 saturated carbocycles. The first-order valence-corrected chi connectivity index (χ1v) is 11.4. The molecular formula is C25H38N2O3. The van der Waals surface area contributed by atoms with E-state index in [1.54, 1.807) is 21.0 Å². The summed E-state index contributed by atoms with van der Waals surface area (Å²) in [5, 5.41) is 16.6. The molecule has 3 N–H and O–H groups in total. The third-order valence-corrected chi connectivity index (χ3v) is 6.60. The van der Waals surface area contributed by atoms with E-state index in [4.69, 9.17) is 4.74 Å². The van der Waals surface area contributed by atoms with Gasteiger partial charge in [0.2, 0.25) is 0 Å². The second kappa shape index (κ2) is 10.6. The molecule has 0 aromatic heterocycles. The summed E-state index contributed by atoms with van der Waals surface area (Å²) in [7, 11) is 1.77. The normalized spacial score (nSPS) is 27.1. The third kappa shape index (κ3) is 6.66. The quantitative estimate of drug-likeness (QED) is 0.509. The lowest BCUT2D eigenvalue weighted by Gasteiger charge is -2.32. The fraction of sp³-hybridized carbons (Fsp3) is 0.640. The van der Waals surface area contributed by atoms with Crippen LogP contribution in [0.1, 0.15) is 57.9 Å². The van der Waals surface area contributed by atoms with Gasteiger partial charge in [-0.25, -0.2) is 0 Å². The average molecular weight is 415 g/mol. The van der Waals surface area contributed by atoms with Gasteiger partial charge in [-0.3, -0.25) is 4.79 Å². The van der Waals surface area contributed by atoms with Crippen LogP contribution in [0, 0.1) is 11.3 Å². The second-order valence-corrected chi connectivity index (χ2v) is 9.61. The van der Waals surface area contributed by atoms with Crippen LogP contribution < -0.4 is 10.6 Å². The lowest BCUT2D eigenvalue weighted by molar-refractivity contribution is -0.146. The first-order valence-electron chi connectivity index (χ1n) is 11.4. The summed E-state index contributed by atoms with van der Waals surface area (Å²) >= 11 is 0. The van der Waals surface area contributed by atoms with Crippen molar-refractivity contribution >= 4 is 12.0 Å². The van der Waals surface area contributed by atoms with Crippen molar-refractivity contribution in [2.45, 2.75) is 70.5 Å². The zero-order valence-electron chi connectivity index (χ0n) is 18.7. The van der Waals surface area contributed by atoms with Gasteiger partial charge in [0, 0.05) is 38.4 Å². The Kier molecular flexibility index (Phi) is 8.09. The highest BCUT2D eigenvalue weighted by Gasteiger charge is 2.41. The minimum Gasteiger partial charge on any atom is -0.481 e. The fourth-order valence-corrected chi connectivity index (χ4v) is 4.38. The van der Waals surface area contributed by atoms with Crippen molar-refractivity contribution < 1.29 is 14.6 Å². The van der Waals surface area contributed by atoms with Crippen molar-refractivity contribution in [3.8, 4) is 0 Å². The van der Waals surface area contributed by atoms with Crippen molar-refractivity contribution in [1.29, 1.82) is 0 Å². The van der Waals surface area contributed by atoms with E-state index in [9.17, 15) is 9.90 Å². The van der Waals surface area contributed by atoms with E-state index in [0.717, 1.165) is 38.7 Å². The number of aliphatic carboxylic acids is 1.